The molecule has 1 aromatic carbocycles. The third kappa shape index (κ3) is 3.69. The van der Waals surface area contributed by atoms with E-state index in [0.717, 1.165) is 33.8 Å². The van der Waals surface area contributed by atoms with Gasteiger partial charge in [0.15, 0.2) is 5.78 Å². The Morgan fingerprint density at radius 1 is 1.15 bits per heavy atom. The standard InChI is InChI=1S/C20H25N5OS/c1-12(2)24-15(5)10-17(16(24)6)18(26)11-27-20-21-22-23-25(20)19-13(3)8-7-9-14(19)4/h7-10,12H,11H2,1-6H3. The minimum Gasteiger partial charge on any atom is -0.346 e. The van der Waals surface area contributed by atoms with Gasteiger partial charge in [-0.25, -0.2) is 0 Å². The van der Waals surface area contributed by atoms with E-state index in [0.29, 0.717) is 17.0 Å². The number of rotatable bonds is 6. The number of carbonyl (C=O) groups excluding carboxylic acids is 1. The molecule has 0 saturated heterocycles. The van der Waals surface area contributed by atoms with E-state index in [-0.39, 0.29) is 5.78 Å². The van der Waals surface area contributed by atoms with Gasteiger partial charge < -0.3 is 4.57 Å². The van der Waals surface area contributed by atoms with Gasteiger partial charge in [-0.3, -0.25) is 4.79 Å². The first-order valence-electron chi connectivity index (χ1n) is 9.00. The molecule has 6 nitrogen and oxygen atoms in total. The molecule has 0 saturated carbocycles. The van der Waals surface area contributed by atoms with Crippen LogP contribution in [0.4, 0.5) is 0 Å². The van der Waals surface area contributed by atoms with Crippen LogP contribution in [-0.2, 0) is 0 Å². The molecule has 0 N–H and O–H groups in total. The number of aromatic nitrogens is 5. The summed E-state index contributed by atoms with van der Waals surface area (Å²) in [7, 11) is 0. The van der Waals surface area contributed by atoms with Gasteiger partial charge in [-0.15, -0.1) is 5.10 Å². The van der Waals surface area contributed by atoms with E-state index in [2.05, 4.69) is 33.9 Å². The Morgan fingerprint density at radius 2 is 1.81 bits per heavy atom. The first-order chi connectivity index (χ1) is 12.8. The summed E-state index contributed by atoms with van der Waals surface area (Å²) in [6, 6.07) is 8.39. The molecule has 0 aliphatic heterocycles. The van der Waals surface area contributed by atoms with Crippen LogP contribution in [-0.4, -0.2) is 36.3 Å². The predicted octanol–water partition coefficient (Wildman–Crippen LogP) is 4.25. The number of benzene rings is 1. The van der Waals surface area contributed by atoms with Crippen LogP contribution in [0, 0.1) is 27.7 Å². The summed E-state index contributed by atoms with van der Waals surface area (Å²) < 4.78 is 3.92. The van der Waals surface area contributed by atoms with E-state index in [9.17, 15) is 4.79 Å². The second kappa shape index (κ2) is 7.68. The Bertz CT molecular complexity index is 966. The van der Waals surface area contributed by atoms with Crippen LogP contribution in [0.5, 0.6) is 0 Å². The predicted molar refractivity (Wildman–Crippen MR) is 108 cm³/mol. The summed E-state index contributed by atoms with van der Waals surface area (Å²) in [6.07, 6.45) is 0. The fourth-order valence-electron chi connectivity index (χ4n) is 3.61. The van der Waals surface area contributed by atoms with E-state index in [1.54, 1.807) is 4.68 Å². The average Bonchev–Trinajstić information content (AvgIpc) is 3.16. The van der Waals surface area contributed by atoms with Crippen molar-refractivity contribution in [1.82, 2.24) is 24.8 Å². The average molecular weight is 384 g/mol. The molecular weight excluding hydrogens is 358 g/mol. The fraction of sp³-hybridized carbons (Fsp3) is 0.400. The summed E-state index contributed by atoms with van der Waals surface area (Å²) in [5, 5.41) is 12.7. The number of hydrogen-bond donors (Lipinski definition) is 0. The highest BCUT2D eigenvalue weighted by Gasteiger charge is 2.19. The van der Waals surface area contributed by atoms with E-state index in [1.807, 2.05) is 52.0 Å². The van der Waals surface area contributed by atoms with Gasteiger partial charge in [0.25, 0.3) is 0 Å². The van der Waals surface area contributed by atoms with Crippen molar-refractivity contribution in [2.45, 2.75) is 52.7 Å². The van der Waals surface area contributed by atoms with E-state index in [4.69, 9.17) is 0 Å². The Labute approximate surface area is 164 Å². The molecule has 2 aromatic heterocycles. The lowest BCUT2D eigenvalue weighted by Crippen LogP contribution is -2.09. The van der Waals surface area contributed by atoms with Gasteiger partial charge in [0.2, 0.25) is 5.16 Å². The van der Waals surface area contributed by atoms with Crippen molar-refractivity contribution in [3.63, 3.8) is 0 Å². The molecule has 142 valence electrons. The number of ketones is 1. The second-order valence-corrected chi connectivity index (χ2v) is 8.02. The molecular formula is C20H25N5OS. The number of Topliss-reactive ketones (excluding diaryl/α,β-unsaturated/α-hetero) is 1. The molecule has 0 atom stereocenters. The molecule has 7 heteroatoms. The monoisotopic (exact) mass is 383 g/mol. The largest absolute Gasteiger partial charge is 0.346 e. The normalized spacial score (nSPS) is 11.4. The molecule has 2 heterocycles. The van der Waals surface area contributed by atoms with Gasteiger partial charge in [0.05, 0.1) is 11.4 Å². The second-order valence-electron chi connectivity index (χ2n) is 7.07. The Morgan fingerprint density at radius 3 is 2.41 bits per heavy atom. The molecule has 3 aromatic rings. The molecule has 0 unspecified atom stereocenters. The van der Waals surface area contributed by atoms with Gasteiger partial charge >= 0.3 is 0 Å². The van der Waals surface area contributed by atoms with E-state index < -0.39 is 0 Å². The van der Waals surface area contributed by atoms with E-state index in [1.165, 1.54) is 11.8 Å². The summed E-state index contributed by atoms with van der Waals surface area (Å²) in [4.78, 5) is 12.8. The number of para-hydroxylation sites is 1. The Hall–Kier alpha value is -2.41. The van der Waals surface area contributed by atoms with Crippen molar-refractivity contribution in [3.05, 3.63) is 52.3 Å². The maximum atomic E-state index is 12.8. The lowest BCUT2D eigenvalue weighted by atomic mass is 10.1. The zero-order valence-corrected chi connectivity index (χ0v) is 17.5. The molecule has 0 aliphatic rings. The number of hydrogen-bond acceptors (Lipinski definition) is 5. The van der Waals surface area contributed by atoms with Crippen LogP contribution in [0.1, 0.15) is 52.8 Å². The first-order valence-corrected chi connectivity index (χ1v) is 9.99. The van der Waals surface area contributed by atoms with Crippen LogP contribution < -0.4 is 0 Å². The highest BCUT2D eigenvalue weighted by atomic mass is 32.2. The maximum absolute atomic E-state index is 12.8. The summed E-state index contributed by atoms with van der Waals surface area (Å²) >= 11 is 1.37. The SMILES string of the molecule is Cc1cccc(C)c1-n1nnnc1SCC(=O)c1cc(C)n(C(C)C)c1C. The fourth-order valence-corrected chi connectivity index (χ4v) is 4.37. The first kappa shape index (κ1) is 19.4. The van der Waals surface area contributed by atoms with Crippen LogP contribution in [0.25, 0.3) is 5.69 Å². The minimum atomic E-state index is 0.0936. The molecule has 0 radical (unpaired) electrons. The van der Waals surface area contributed by atoms with Crippen molar-refractivity contribution >= 4 is 17.5 Å². The number of carbonyl (C=O) groups is 1. The summed E-state index contributed by atoms with van der Waals surface area (Å²) in [6.45, 7) is 12.4. The Kier molecular flexibility index (Phi) is 5.51. The third-order valence-corrected chi connectivity index (χ3v) is 5.65. The van der Waals surface area contributed by atoms with Crippen molar-refractivity contribution < 1.29 is 4.79 Å². The molecule has 0 amide bonds. The quantitative estimate of drug-likeness (QED) is 0.470. The van der Waals surface area contributed by atoms with Crippen molar-refractivity contribution in [3.8, 4) is 5.69 Å². The van der Waals surface area contributed by atoms with Gasteiger partial charge in [-0.1, -0.05) is 30.0 Å². The lowest BCUT2D eigenvalue weighted by Gasteiger charge is -2.13. The molecule has 3 rings (SSSR count). The molecule has 27 heavy (non-hydrogen) atoms. The zero-order chi connectivity index (χ0) is 19.7. The van der Waals surface area contributed by atoms with Gasteiger partial charge in [-0.05, 0) is 69.2 Å². The van der Waals surface area contributed by atoms with Crippen molar-refractivity contribution in [2.24, 2.45) is 0 Å². The highest BCUT2D eigenvalue weighted by molar-refractivity contribution is 7.99. The summed E-state index contributed by atoms with van der Waals surface area (Å²) in [5.41, 5.74) is 6.06. The zero-order valence-electron chi connectivity index (χ0n) is 16.6. The smallest absolute Gasteiger partial charge is 0.214 e. The van der Waals surface area contributed by atoms with Crippen molar-refractivity contribution in [1.29, 1.82) is 0 Å². The van der Waals surface area contributed by atoms with Crippen molar-refractivity contribution in [2.75, 3.05) is 5.75 Å². The third-order valence-electron chi connectivity index (χ3n) is 4.73. The highest BCUT2D eigenvalue weighted by Crippen LogP contribution is 2.26. The number of thioether (sulfide) groups is 1. The van der Waals surface area contributed by atoms with Gasteiger partial charge in [0.1, 0.15) is 0 Å². The Balaban J connectivity index is 1.82. The van der Waals surface area contributed by atoms with Crippen LogP contribution >= 0.6 is 11.8 Å². The topological polar surface area (TPSA) is 65.6 Å². The number of nitrogens with zero attached hydrogens (tertiary/aromatic N) is 5. The molecule has 0 spiro atoms. The minimum absolute atomic E-state index is 0.0936. The van der Waals surface area contributed by atoms with E-state index >= 15 is 0 Å². The maximum Gasteiger partial charge on any atom is 0.214 e. The lowest BCUT2D eigenvalue weighted by molar-refractivity contribution is 0.102. The summed E-state index contributed by atoms with van der Waals surface area (Å²) in [5.74, 6) is 0.393. The molecule has 0 aliphatic carbocycles. The van der Waals surface area contributed by atoms with Gasteiger partial charge in [0, 0.05) is 23.0 Å². The van der Waals surface area contributed by atoms with Crippen LogP contribution in [0.15, 0.2) is 29.4 Å². The molecule has 0 bridgehead atoms. The van der Waals surface area contributed by atoms with Crippen LogP contribution in [0.2, 0.25) is 0 Å². The number of tetrazole rings is 1. The van der Waals surface area contributed by atoms with Crippen LogP contribution in [0.3, 0.4) is 0 Å². The van der Waals surface area contributed by atoms with Gasteiger partial charge in [-0.2, -0.15) is 4.68 Å². The number of aryl methyl sites for hydroxylation is 3. The molecule has 0 fully saturated rings.